The summed E-state index contributed by atoms with van der Waals surface area (Å²) in [6, 6.07) is 8.27. The minimum absolute atomic E-state index is 0.0617. The number of nitrogens with two attached hydrogens (primary N) is 1. The Morgan fingerprint density at radius 2 is 1.87 bits per heavy atom. The van der Waals surface area contributed by atoms with Crippen molar-refractivity contribution in [2.75, 3.05) is 17.4 Å². The number of fused-ring (bicyclic) bond motifs is 4. The zero-order valence-electron chi connectivity index (χ0n) is 16.6. The molecule has 1 saturated carbocycles. The number of hydrogen-bond acceptors (Lipinski definition) is 7. The zero-order valence-corrected chi connectivity index (χ0v) is 17.4. The first-order valence-corrected chi connectivity index (χ1v) is 11.5. The van der Waals surface area contributed by atoms with Crippen LogP contribution in [0.25, 0.3) is 11.0 Å². The van der Waals surface area contributed by atoms with Crippen LogP contribution >= 0.6 is 0 Å². The highest BCUT2D eigenvalue weighted by Gasteiger charge is 2.38. The third-order valence-electron chi connectivity index (χ3n) is 5.93. The molecule has 0 atom stereocenters. The van der Waals surface area contributed by atoms with Crippen LogP contribution in [0, 0.1) is 0 Å². The summed E-state index contributed by atoms with van der Waals surface area (Å²) in [5, 5.41) is 15.8. The van der Waals surface area contributed by atoms with Crippen LogP contribution in [-0.2, 0) is 15.6 Å². The van der Waals surface area contributed by atoms with Gasteiger partial charge in [-0.15, -0.1) is 0 Å². The lowest BCUT2D eigenvalue weighted by Gasteiger charge is -2.40. The van der Waals surface area contributed by atoms with Gasteiger partial charge in [0.2, 0.25) is 16.0 Å². The molecule has 2 aliphatic rings. The molecule has 2 aromatic heterocycles. The van der Waals surface area contributed by atoms with E-state index in [4.69, 9.17) is 10.1 Å². The topological polar surface area (TPSA) is 118 Å². The van der Waals surface area contributed by atoms with E-state index in [0.29, 0.717) is 11.6 Å². The molecule has 10 heteroatoms. The third kappa shape index (κ3) is 3.12. The number of hydrazone groups is 1. The maximum atomic E-state index is 11.4. The predicted molar refractivity (Wildman–Crippen MR) is 117 cm³/mol. The minimum Gasteiger partial charge on any atom is -0.324 e. The van der Waals surface area contributed by atoms with Crippen LogP contribution in [0.5, 0.6) is 0 Å². The Morgan fingerprint density at radius 1 is 1.13 bits per heavy atom. The van der Waals surface area contributed by atoms with Crippen molar-refractivity contribution in [2.45, 2.75) is 42.5 Å². The van der Waals surface area contributed by atoms with Crippen molar-refractivity contribution in [1.82, 2.24) is 14.5 Å². The Kier molecular flexibility index (Phi) is 4.30. The molecule has 30 heavy (non-hydrogen) atoms. The molecule has 0 saturated heterocycles. The smallest absolute Gasteiger partial charge is 0.238 e. The lowest BCUT2D eigenvalue weighted by molar-refractivity contribution is 0.290. The van der Waals surface area contributed by atoms with Crippen molar-refractivity contribution in [2.24, 2.45) is 10.2 Å². The molecule has 1 aliphatic carbocycles. The lowest BCUT2D eigenvalue weighted by Crippen LogP contribution is -2.42. The molecule has 5 rings (SSSR count). The molecule has 0 radical (unpaired) electrons. The maximum absolute atomic E-state index is 11.4. The Labute approximate surface area is 174 Å². The van der Waals surface area contributed by atoms with Gasteiger partial charge in [-0.3, -0.25) is 9.58 Å². The van der Waals surface area contributed by atoms with E-state index >= 15 is 0 Å². The summed E-state index contributed by atoms with van der Waals surface area (Å²) in [6.45, 7) is 0. The van der Waals surface area contributed by atoms with Gasteiger partial charge in [-0.25, -0.2) is 18.5 Å². The number of nitrogens with one attached hydrogen (secondary N) is 1. The Bertz CT molecular complexity index is 1240. The highest BCUT2D eigenvalue weighted by Crippen LogP contribution is 2.42. The fourth-order valence-electron chi connectivity index (χ4n) is 4.40. The van der Waals surface area contributed by atoms with E-state index in [1.54, 1.807) is 18.3 Å². The van der Waals surface area contributed by atoms with Crippen molar-refractivity contribution >= 4 is 44.7 Å². The van der Waals surface area contributed by atoms with Crippen LogP contribution in [0.15, 0.2) is 46.5 Å². The molecule has 3 N–H and O–H groups in total. The molecule has 1 fully saturated rings. The third-order valence-corrected chi connectivity index (χ3v) is 6.86. The first kappa shape index (κ1) is 19.0. The van der Waals surface area contributed by atoms with Crippen molar-refractivity contribution in [3.8, 4) is 0 Å². The van der Waals surface area contributed by atoms with E-state index in [0.717, 1.165) is 29.7 Å². The summed E-state index contributed by atoms with van der Waals surface area (Å²) in [5.74, 6) is 1.46. The van der Waals surface area contributed by atoms with Gasteiger partial charge in [-0.1, -0.05) is 19.3 Å². The van der Waals surface area contributed by atoms with Crippen LogP contribution in [0.1, 0.15) is 32.1 Å². The Balaban J connectivity index is 1.54. The monoisotopic (exact) mass is 425 g/mol. The van der Waals surface area contributed by atoms with Gasteiger partial charge in [0.1, 0.15) is 11.5 Å². The summed E-state index contributed by atoms with van der Waals surface area (Å²) in [7, 11) is -1.78. The molecule has 1 aromatic carbocycles. The summed E-state index contributed by atoms with van der Waals surface area (Å²) in [4.78, 5) is 9.31. The fourth-order valence-corrected chi connectivity index (χ4v) is 4.91. The van der Waals surface area contributed by atoms with Crippen molar-refractivity contribution < 1.29 is 8.42 Å². The second kappa shape index (κ2) is 6.78. The predicted octanol–water partition coefficient (Wildman–Crippen LogP) is 2.92. The number of sulfonamides is 1. The number of aromatic nitrogens is 3. The Morgan fingerprint density at radius 3 is 2.57 bits per heavy atom. The van der Waals surface area contributed by atoms with Gasteiger partial charge in [0.15, 0.2) is 0 Å². The largest absolute Gasteiger partial charge is 0.324 e. The van der Waals surface area contributed by atoms with E-state index in [-0.39, 0.29) is 10.4 Å². The summed E-state index contributed by atoms with van der Waals surface area (Å²) >= 11 is 0. The number of nitrogens with zero attached hydrogens (tertiary/aromatic N) is 5. The quantitative estimate of drug-likeness (QED) is 0.666. The summed E-state index contributed by atoms with van der Waals surface area (Å²) in [5.41, 5.74) is 1.40. The average Bonchev–Trinajstić information content (AvgIpc) is 3.12. The second-order valence-electron chi connectivity index (χ2n) is 7.94. The van der Waals surface area contributed by atoms with Crippen molar-refractivity contribution in [1.29, 1.82) is 0 Å². The van der Waals surface area contributed by atoms with Crippen LogP contribution in [-0.4, -0.2) is 36.2 Å². The van der Waals surface area contributed by atoms with Gasteiger partial charge in [-0.2, -0.15) is 10.1 Å². The molecule has 0 bridgehead atoms. The van der Waals surface area contributed by atoms with Crippen LogP contribution in [0.2, 0.25) is 0 Å². The minimum atomic E-state index is -3.72. The zero-order chi connectivity index (χ0) is 20.9. The molecule has 156 valence electrons. The molecular weight excluding hydrogens is 402 g/mol. The molecule has 1 aliphatic heterocycles. The highest BCUT2D eigenvalue weighted by molar-refractivity contribution is 7.89. The van der Waals surface area contributed by atoms with Gasteiger partial charge < -0.3 is 5.32 Å². The number of benzene rings is 1. The fraction of sp³-hybridized carbons (Fsp3) is 0.350. The van der Waals surface area contributed by atoms with E-state index in [9.17, 15) is 8.42 Å². The number of primary sulfonamides is 1. The molecule has 1 spiro atoms. The molecule has 0 unspecified atom stereocenters. The second-order valence-corrected chi connectivity index (χ2v) is 9.50. The van der Waals surface area contributed by atoms with Crippen molar-refractivity contribution in [3.05, 3.63) is 36.5 Å². The Hall–Kier alpha value is -2.98. The van der Waals surface area contributed by atoms with Crippen molar-refractivity contribution in [3.63, 3.8) is 0 Å². The summed E-state index contributed by atoms with van der Waals surface area (Å²) < 4.78 is 25.2. The number of rotatable bonds is 3. The molecule has 3 aromatic rings. The van der Waals surface area contributed by atoms with Gasteiger partial charge in [0, 0.05) is 24.3 Å². The van der Waals surface area contributed by atoms with Crippen LogP contribution < -0.4 is 15.5 Å². The summed E-state index contributed by atoms with van der Waals surface area (Å²) in [6.07, 6.45) is 9.55. The van der Waals surface area contributed by atoms with E-state index in [1.807, 2.05) is 12.1 Å². The molecule has 3 heterocycles. The SMILES string of the molecule is CN1N=CC2(CCCCC2)n2c1cc1cnc(Nc3ccc(S(N)(=O)=O)cc3)nc12. The van der Waals surface area contributed by atoms with Gasteiger partial charge in [-0.05, 0) is 43.2 Å². The van der Waals surface area contributed by atoms with E-state index < -0.39 is 10.0 Å². The highest BCUT2D eigenvalue weighted by atomic mass is 32.2. The number of hydrogen-bond donors (Lipinski definition) is 2. The molecule has 0 amide bonds. The van der Waals surface area contributed by atoms with Gasteiger partial charge >= 0.3 is 0 Å². The first-order chi connectivity index (χ1) is 14.4. The average molecular weight is 426 g/mol. The maximum Gasteiger partial charge on any atom is 0.238 e. The van der Waals surface area contributed by atoms with Gasteiger partial charge in [0.25, 0.3) is 0 Å². The number of anilines is 3. The van der Waals surface area contributed by atoms with Crippen LogP contribution in [0.3, 0.4) is 0 Å². The standard InChI is InChI=1S/C20H23N7O2S/c1-26-17-11-14-12-22-19(24-15-5-7-16(8-6-15)30(21,28)29)25-18(14)27(17)20(13-23-26)9-3-2-4-10-20/h5-8,11-13H,2-4,9-10H2,1H3,(H2,21,28,29)(H,22,24,25). The molecular formula is C20H23N7O2S. The lowest BCUT2D eigenvalue weighted by atomic mass is 9.82. The first-order valence-electron chi connectivity index (χ1n) is 9.94. The normalized spacial score (nSPS) is 18.0. The van der Waals surface area contributed by atoms with E-state index in [1.165, 1.54) is 31.4 Å². The molecule has 9 nitrogen and oxygen atoms in total. The van der Waals surface area contributed by atoms with Crippen LogP contribution in [0.4, 0.5) is 17.5 Å². The van der Waals surface area contributed by atoms with Gasteiger partial charge in [0.05, 0.1) is 16.6 Å². The van der Waals surface area contributed by atoms with E-state index in [2.05, 4.69) is 32.3 Å².